The first-order valence-corrected chi connectivity index (χ1v) is 11.3. The number of hydrogen-bond donors (Lipinski definition) is 0. The van der Waals surface area contributed by atoms with E-state index in [1.54, 1.807) is 33.3 Å². The molecule has 1 amide bonds. The fourth-order valence-electron chi connectivity index (χ4n) is 3.86. The van der Waals surface area contributed by atoms with Crippen LogP contribution >= 0.6 is 11.3 Å². The summed E-state index contributed by atoms with van der Waals surface area (Å²) in [6.45, 7) is 1.98. The third-order valence-electron chi connectivity index (χ3n) is 5.58. The molecule has 0 atom stereocenters. The average Bonchev–Trinajstić information content (AvgIpc) is 3.54. The fourth-order valence-corrected chi connectivity index (χ4v) is 4.63. The van der Waals surface area contributed by atoms with Crippen LogP contribution in [0.4, 0.5) is 10.1 Å². The normalized spacial score (nSPS) is 13.7. The summed E-state index contributed by atoms with van der Waals surface area (Å²) >= 11 is 1.41. The number of hydrogen-bond acceptors (Lipinski definition) is 6. The first kappa shape index (κ1) is 20.8. The molecule has 9 heteroatoms. The third-order valence-corrected chi connectivity index (χ3v) is 6.48. The molecular weight excluding hydrogens is 439 g/mol. The summed E-state index contributed by atoms with van der Waals surface area (Å²) in [7, 11) is 0. The molecule has 0 N–H and O–H groups in total. The molecule has 0 unspecified atom stereocenters. The lowest BCUT2D eigenvalue weighted by atomic mass is 10.1. The Morgan fingerprint density at radius 3 is 2.61 bits per heavy atom. The zero-order valence-electron chi connectivity index (χ0n) is 17.6. The van der Waals surface area contributed by atoms with Crippen molar-refractivity contribution in [3.63, 3.8) is 0 Å². The van der Waals surface area contributed by atoms with Crippen molar-refractivity contribution in [1.29, 1.82) is 5.26 Å². The summed E-state index contributed by atoms with van der Waals surface area (Å²) in [5.41, 5.74) is 2.81. The molecule has 1 fully saturated rings. The van der Waals surface area contributed by atoms with Gasteiger partial charge < -0.3 is 9.80 Å². The number of nitrogens with zero attached hydrogens (tertiary/aromatic N) is 6. The second kappa shape index (κ2) is 8.84. The van der Waals surface area contributed by atoms with Crippen LogP contribution in [0.2, 0.25) is 0 Å². The Bertz CT molecular complexity index is 1330. The van der Waals surface area contributed by atoms with Gasteiger partial charge in [-0.1, -0.05) is 24.3 Å². The number of carbonyl (C=O) groups excluding carboxylic acids is 1. The van der Waals surface area contributed by atoms with Crippen molar-refractivity contribution in [2.75, 3.05) is 31.1 Å². The predicted octanol–water partition coefficient (Wildman–Crippen LogP) is 3.97. The van der Waals surface area contributed by atoms with Gasteiger partial charge in [0, 0.05) is 43.3 Å². The van der Waals surface area contributed by atoms with Gasteiger partial charge in [0.1, 0.15) is 28.2 Å². The summed E-state index contributed by atoms with van der Waals surface area (Å²) in [4.78, 5) is 21.2. The van der Waals surface area contributed by atoms with Crippen LogP contribution in [0.15, 0.2) is 66.3 Å². The number of halogens is 1. The van der Waals surface area contributed by atoms with Gasteiger partial charge in [-0.25, -0.2) is 14.1 Å². The average molecular weight is 459 g/mol. The van der Waals surface area contributed by atoms with Crippen molar-refractivity contribution in [1.82, 2.24) is 19.7 Å². The molecule has 5 rings (SSSR count). The number of anilines is 1. The van der Waals surface area contributed by atoms with Crippen molar-refractivity contribution in [3.05, 3.63) is 83.4 Å². The van der Waals surface area contributed by atoms with Crippen molar-refractivity contribution in [2.45, 2.75) is 0 Å². The lowest BCUT2D eigenvalue weighted by molar-refractivity contribution is 0.0741. The molecule has 0 radical (unpaired) electrons. The molecule has 1 aliphatic heterocycles. The summed E-state index contributed by atoms with van der Waals surface area (Å²) in [6.07, 6.45) is 3.64. The van der Waals surface area contributed by atoms with Crippen molar-refractivity contribution < 1.29 is 9.18 Å². The lowest BCUT2D eigenvalue weighted by Crippen LogP contribution is -2.49. The molecule has 0 spiro atoms. The first-order chi connectivity index (χ1) is 16.1. The SMILES string of the molecule is N#Cc1c(F)cccc1N1CCN(C(=O)c2csc(-c3cnn(-c4ccccc4)c3)n2)CC1. The van der Waals surface area contributed by atoms with Crippen LogP contribution in [0.3, 0.4) is 0 Å². The number of carbonyl (C=O) groups is 1. The molecule has 3 heterocycles. The molecule has 1 aliphatic rings. The smallest absolute Gasteiger partial charge is 0.273 e. The molecule has 33 heavy (non-hydrogen) atoms. The lowest BCUT2D eigenvalue weighted by Gasteiger charge is -2.36. The van der Waals surface area contributed by atoms with Crippen molar-refractivity contribution in [2.24, 2.45) is 0 Å². The van der Waals surface area contributed by atoms with Gasteiger partial charge >= 0.3 is 0 Å². The molecule has 2 aromatic carbocycles. The van der Waals surface area contributed by atoms with Crippen LogP contribution in [-0.4, -0.2) is 51.8 Å². The number of benzene rings is 2. The van der Waals surface area contributed by atoms with Gasteiger partial charge in [-0.3, -0.25) is 4.79 Å². The van der Waals surface area contributed by atoms with Gasteiger partial charge in [0.25, 0.3) is 5.91 Å². The topological polar surface area (TPSA) is 78.0 Å². The summed E-state index contributed by atoms with van der Waals surface area (Å²) in [5.74, 6) is -0.661. The largest absolute Gasteiger partial charge is 0.367 e. The fraction of sp³-hybridized carbons (Fsp3) is 0.167. The van der Waals surface area contributed by atoms with Crippen molar-refractivity contribution >= 4 is 22.9 Å². The second-order valence-electron chi connectivity index (χ2n) is 7.57. The van der Waals surface area contributed by atoms with E-state index in [0.29, 0.717) is 37.6 Å². The maximum atomic E-state index is 13.9. The van der Waals surface area contributed by atoms with Crippen LogP contribution in [0.25, 0.3) is 16.3 Å². The van der Waals surface area contributed by atoms with Gasteiger partial charge in [-0.2, -0.15) is 10.4 Å². The molecule has 164 valence electrons. The Kier molecular flexibility index (Phi) is 5.59. The maximum Gasteiger partial charge on any atom is 0.273 e. The molecule has 4 aromatic rings. The van der Waals surface area contributed by atoms with Gasteiger partial charge in [0.05, 0.1) is 17.6 Å². The Morgan fingerprint density at radius 2 is 1.85 bits per heavy atom. The van der Waals surface area contributed by atoms with E-state index in [9.17, 15) is 14.4 Å². The number of nitriles is 1. The highest BCUT2D eigenvalue weighted by Gasteiger charge is 2.26. The predicted molar refractivity (Wildman–Crippen MR) is 124 cm³/mol. The number of aromatic nitrogens is 3. The highest BCUT2D eigenvalue weighted by Crippen LogP contribution is 2.26. The van der Waals surface area contributed by atoms with E-state index >= 15 is 0 Å². The van der Waals surface area contributed by atoms with Gasteiger partial charge in [0.15, 0.2) is 0 Å². The zero-order chi connectivity index (χ0) is 22.8. The highest BCUT2D eigenvalue weighted by atomic mass is 32.1. The Balaban J connectivity index is 1.26. The molecule has 7 nitrogen and oxygen atoms in total. The number of piperazine rings is 1. The summed E-state index contributed by atoms with van der Waals surface area (Å²) < 4.78 is 15.7. The number of rotatable bonds is 4. The van der Waals surface area contributed by atoms with Crippen LogP contribution < -0.4 is 4.90 Å². The summed E-state index contributed by atoms with van der Waals surface area (Å²) in [5, 5.41) is 16.2. The zero-order valence-corrected chi connectivity index (χ0v) is 18.4. The maximum absolute atomic E-state index is 13.9. The van der Waals surface area contributed by atoms with E-state index in [2.05, 4.69) is 10.1 Å². The minimum Gasteiger partial charge on any atom is -0.367 e. The first-order valence-electron chi connectivity index (χ1n) is 10.4. The molecule has 1 saturated heterocycles. The molecule has 0 saturated carbocycles. The van der Waals surface area contributed by atoms with E-state index in [-0.39, 0.29) is 11.5 Å². The Labute approximate surface area is 193 Å². The molecule has 0 bridgehead atoms. The Morgan fingerprint density at radius 1 is 1.06 bits per heavy atom. The van der Waals surface area contributed by atoms with E-state index < -0.39 is 5.82 Å². The molecular formula is C24H19FN6OS. The van der Waals surface area contributed by atoms with Crippen LogP contribution in [-0.2, 0) is 0 Å². The van der Waals surface area contributed by atoms with Gasteiger partial charge in [-0.05, 0) is 24.3 Å². The Hall–Kier alpha value is -4.03. The molecule has 2 aromatic heterocycles. The number of thiazole rings is 1. The number of amides is 1. The van der Waals surface area contributed by atoms with Crippen molar-refractivity contribution in [3.8, 4) is 22.3 Å². The van der Waals surface area contributed by atoms with E-state index in [1.165, 1.54) is 17.4 Å². The van der Waals surface area contributed by atoms with Crippen LogP contribution in [0.5, 0.6) is 0 Å². The minimum atomic E-state index is -0.529. The standard InChI is InChI=1S/C24H19FN6OS/c25-20-7-4-8-22(19(20)13-26)29-9-11-30(12-10-29)24(32)21-16-33-23(28-21)17-14-27-31(15-17)18-5-2-1-3-6-18/h1-8,14-16H,9-12H2. The minimum absolute atomic E-state index is 0.0393. The van der Waals surface area contributed by atoms with Crippen LogP contribution in [0.1, 0.15) is 16.1 Å². The van der Waals surface area contributed by atoms with Gasteiger partial charge in [-0.15, -0.1) is 11.3 Å². The molecule has 0 aliphatic carbocycles. The van der Waals surface area contributed by atoms with Crippen LogP contribution in [0, 0.1) is 17.1 Å². The number of para-hydroxylation sites is 1. The van der Waals surface area contributed by atoms with Gasteiger partial charge in [0.2, 0.25) is 0 Å². The van der Waals surface area contributed by atoms with E-state index in [0.717, 1.165) is 16.3 Å². The highest BCUT2D eigenvalue weighted by molar-refractivity contribution is 7.13. The third kappa shape index (κ3) is 4.08. The summed E-state index contributed by atoms with van der Waals surface area (Å²) in [6, 6.07) is 16.3. The van der Waals surface area contributed by atoms with E-state index in [1.807, 2.05) is 47.5 Å². The monoisotopic (exact) mass is 458 g/mol. The van der Waals surface area contributed by atoms with E-state index in [4.69, 9.17) is 0 Å². The quantitative estimate of drug-likeness (QED) is 0.463. The second-order valence-corrected chi connectivity index (χ2v) is 8.43.